The van der Waals surface area contributed by atoms with Gasteiger partial charge in [0, 0.05) is 6.26 Å². The zero-order valence-corrected chi connectivity index (χ0v) is 12.8. The molecule has 0 fully saturated rings. The lowest BCUT2D eigenvalue weighted by Crippen LogP contribution is -2.19. The summed E-state index contributed by atoms with van der Waals surface area (Å²) in [6, 6.07) is 6.17. The van der Waals surface area contributed by atoms with E-state index in [1.54, 1.807) is 12.1 Å². The minimum atomic E-state index is -3.62. The number of carbonyl (C=O) groups is 1. The Bertz CT molecular complexity index is 688. The van der Waals surface area contributed by atoms with Crippen molar-refractivity contribution in [2.24, 2.45) is 0 Å². The molecular weight excluding hydrogens is 304 g/mol. The minimum absolute atomic E-state index is 0.165. The first-order valence-corrected chi connectivity index (χ1v) is 9.57. The number of benzene rings is 1. The Labute approximate surface area is 118 Å². The van der Waals surface area contributed by atoms with E-state index < -0.39 is 42.9 Å². The Kier molecular flexibility index (Phi) is 5.29. The Morgan fingerprint density at radius 3 is 2.25 bits per heavy atom. The third-order valence-corrected chi connectivity index (χ3v) is 5.34. The van der Waals surface area contributed by atoms with Gasteiger partial charge in [-0.25, -0.2) is 21.6 Å². The summed E-state index contributed by atoms with van der Waals surface area (Å²) in [4.78, 5) is 11.5. The molecule has 0 aliphatic heterocycles. The highest BCUT2D eigenvalue weighted by atomic mass is 32.2. The van der Waals surface area contributed by atoms with Crippen LogP contribution in [-0.2, 0) is 30.2 Å². The van der Waals surface area contributed by atoms with Gasteiger partial charge in [-0.15, -0.1) is 0 Å². The molecule has 0 saturated heterocycles. The van der Waals surface area contributed by atoms with E-state index in [-0.39, 0.29) is 5.56 Å². The second kappa shape index (κ2) is 6.36. The van der Waals surface area contributed by atoms with Crippen LogP contribution in [0.1, 0.15) is 15.9 Å². The molecule has 0 aliphatic rings. The van der Waals surface area contributed by atoms with Crippen LogP contribution in [0.4, 0.5) is 0 Å². The van der Waals surface area contributed by atoms with Crippen molar-refractivity contribution in [3.63, 3.8) is 0 Å². The van der Waals surface area contributed by atoms with Gasteiger partial charge in [0.15, 0.2) is 9.84 Å². The van der Waals surface area contributed by atoms with E-state index in [0.717, 1.165) is 6.26 Å². The van der Waals surface area contributed by atoms with Gasteiger partial charge in [0.1, 0.15) is 9.84 Å². The fourth-order valence-corrected chi connectivity index (χ4v) is 4.64. The highest BCUT2D eigenvalue weighted by Crippen LogP contribution is 2.14. The Morgan fingerprint density at radius 1 is 1.10 bits per heavy atom. The van der Waals surface area contributed by atoms with Crippen molar-refractivity contribution in [1.29, 1.82) is 0 Å². The van der Waals surface area contributed by atoms with Crippen LogP contribution in [0.5, 0.6) is 0 Å². The predicted molar refractivity (Wildman–Crippen MR) is 75.0 cm³/mol. The summed E-state index contributed by atoms with van der Waals surface area (Å²) in [5, 5.41) is 0. The van der Waals surface area contributed by atoms with Crippen LogP contribution in [0.15, 0.2) is 24.3 Å². The van der Waals surface area contributed by atoms with Crippen LogP contribution in [-0.4, -0.2) is 47.7 Å². The lowest BCUT2D eigenvalue weighted by atomic mass is 10.1. The summed E-state index contributed by atoms with van der Waals surface area (Å²) in [5.74, 6) is -1.93. The number of ether oxygens (including phenoxy) is 1. The molecule has 0 spiro atoms. The molecular formula is C12H16O6S2. The molecule has 0 aliphatic carbocycles. The number of rotatable bonds is 6. The maximum Gasteiger partial charge on any atom is 0.338 e. The van der Waals surface area contributed by atoms with E-state index in [4.69, 9.17) is 0 Å². The average molecular weight is 320 g/mol. The number of hydrogen-bond acceptors (Lipinski definition) is 6. The fourth-order valence-electron chi connectivity index (χ4n) is 1.54. The van der Waals surface area contributed by atoms with Crippen LogP contribution in [0.25, 0.3) is 0 Å². The third-order valence-electron chi connectivity index (χ3n) is 2.56. The lowest BCUT2D eigenvalue weighted by molar-refractivity contribution is 0.0600. The number of esters is 1. The molecule has 0 saturated carbocycles. The van der Waals surface area contributed by atoms with Gasteiger partial charge < -0.3 is 4.74 Å². The molecule has 20 heavy (non-hydrogen) atoms. The zero-order chi connectivity index (χ0) is 15.4. The summed E-state index contributed by atoms with van der Waals surface area (Å²) >= 11 is 0. The van der Waals surface area contributed by atoms with Crippen molar-refractivity contribution in [2.45, 2.75) is 5.75 Å². The maximum atomic E-state index is 11.9. The van der Waals surface area contributed by atoms with Gasteiger partial charge in [-0.1, -0.05) is 18.2 Å². The summed E-state index contributed by atoms with van der Waals surface area (Å²) in [6.45, 7) is 0. The van der Waals surface area contributed by atoms with Crippen molar-refractivity contribution >= 4 is 25.6 Å². The van der Waals surface area contributed by atoms with Crippen molar-refractivity contribution < 1.29 is 26.4 Å². The summed E-state index contributed by atoms with van der Waals surface area (Å²) < 4.78 is 50.4. The molecule has 6 nitrogen and oxygen atoms in total. The second-order valence-electron chi connectivity index (χ2n) is 4.37. The van der Waals surface area contributed by atoms with E-state index in [1.807, 2.05) is 0 Å². The standard InChI is InChI=1S/C12H16O6S2/c1-18-12(13)11-6-4-3-5-10(11)9-20(16,17)8-7-19(2,14)15/h3-6H,7-9H2,1-2H3. The SMILES string of the molecule is COC(=O)c1ccccc1CS(=O)(=O)CCS(C)(=O)=O. The van der Waals surface area contributed by atoms with Crippen molar-refractivity contribution in [1.82, 2.24) is 0 Å². The topological polar surface area (TPSA) is 94.6 Å². The number of hydrogen-bond donors (Lipinski definition) is 0. The Morgan fingerprint density at radius 2 is 1.70 bits per heavy atom. The molecule has 0 unspecified atom stereocenters. The molecule has 1 aromatic carbocycles. The molecule has 0 bridgehead atoms. The van der Waals surface area contributed by atoms with Gasteiger partial charge in [0.2, 0.25) is 0 Å². The van der Waals surface area contributed by atoms with E-state index in [2.05, 4.69) is 4.74 Å². The van der Waals surface area contributed by atoms with Gasteiger partial charge in [-0.05, 0) is 11.6 Å². The van der Waals surface area contributed by atoms with E-state index >= 15 is 0 Å². The molecule has 1 rings (SSSR count). The van der Waals surface area contributed by atoms with E-state index in [9.17, 15) is 21.6 Å². The molecule has 1 aromatic rings. The van der Waals surface area contributed by atoms with Crippen LogP contribution in [0, 0.1) is 0 Å². The quantitative estimate of drug-likeness (QED) is 0.706. The number of sulfone groups is 2. The van der Waals surface area contributed by atoms with Crippen LogP contribution in [0.2, 0.25) is 0 Å². The van der Waals surface area contributed by atoms with Crippen molar-refractivity contribution in [3.05, 3.63) is 35.4 Å². The first-order chi connectivity index (χ1) is 9.14. The van der Waals surface area contributed by atoms with Crippen LogP contribution < -0.4 is 0 Å². The first-order valence-electron chi connectivity index (χ1n) is 5.69. The zero-order valence-electron chi connectivity index (χ0n) is 11.2. The monoisotopic (exact) mass is 320 g/mol. The molecule has 0 aromatic heterocycles. The first kappa shape index (κ1) is 16.6. The lowest BCUT2D eigenvalue weighted by Gasteiger charge is -2.08. The van der Waals surface area contributed by atoms with E-state index in [0.29, 0.717) is 5.56 Å². The molecule has 0 heterocycles. The Hall–Kier alpha value is -1.41. The fraction of sp³-hybridized carbons (Fsp3) is 0.417. The number of methoxy groups -OCH3 is 1. The van der Waals surface area contributed by atoms with Gasteiger partial charge >= 0.3 is 5.97 Å². The van der Waals surface area contributed by atoms with Crippen molar-refractivity contribution in [2.75, 3.05) is 24.9 Å². The van der Waals surface area contributed by atoms with Gasteiger partial charge in [-0.2, -0.15) is 0 Å². The Balaban J connectivity index is 2.96. The smallest absolute Gasteiger partial charge is 0.338 e. The van der Waals surface area contributed by atoms with Gasteiger partial charge in [-0.3, -0.25) is 0 Å². The van der Waals surface area contributed by atoms with Crippen LogP contribution in [0.3, 0.4) is 0 Å². The van der Waals surface area contributed by atoms with E-state index in [1.165, 1.54) is 19.2 Å². The second-order valence-corrected chi connectivity index (χ2v) is 8.81. The molecule has 0 N–H and O–H groups in total. The van der Waals surface area contributed by atoms with Crippen LogP contribution >= 0.6 is 0 Å². The highest BCUT2D eigenvalue weighted by Gasteiger charge is 2.19. The predicted octanol–water partition coefficient (Wildman–Crippen LogP) is 0.433. The third kappa shape index (κ3) is 5.30. The average Bonchev–Trinajstić information content (AvgIpc) is 2.35. The molecule has 8 heteroatoms. The minimum Gasteiger partial charge on any atom is -0.465 e. The molecule has 112 valence electrons. The molecule has 0 atom stereocenters. The van der Waals surface area contributed by atoms with Gasteiger partial charge in [0.05, 0.1) is 29.9 Å². The van der Waals surface area contributed by atoms with Crippen molar-refractivity contribution in [3.8, 4) is 0 Å². The highest BCUT2D eigenvalue weighted by molar-refractivity contribution is 7.94. The molecule has 0 radical (unpaired) electrons. The number of carbonyl (C=O) groups excluding carboxylic acids is 1. The maximum absolute atomic E-state index is 11.9. The summed E-state index contributed by atoms with van der Waals surface area (Å²) in [5.41, 5.74) is 0.464. The molecule has 0 amide bonds. The summed E-state index contributed by atoms with van der Waals surface area (Å²) in [7, 11) is -5.76. The summed E-state index contributed by atoms with van der Waals surface area (Å²) in [6.07, 6.45) is 0.977. The normalized spacial score (nSPS) is 12.1. The largest absolute Gasteiger partial charge is 0.465 e. The van der Waals surface area contributed by atoms with Gasteiger partial charge in [0.25, 0.3) is 0 Å².